The summed E-state index contributed by atoms with van der Waals surface area (Å²) in [7, 11) is 0. The van der Waals surface area contributed by atoms with E-state index in [1.165, 1.54) is 11.1 Å². The Kier molecular flexibility index (Phi) is 4.45. The summed E-state index contributed by atoms with van der Waals surface area (Å²) in [5, 5.41) is 12.4. The number of carboxylic acid groups (broad SMARTS) is 1. The average Bonchev–Trinajstić information content (AvgIpc) is 2.38. The molecule has 1 aliphatic rings. The SMILES string of the molecule is CC(C)(C)c1ccc(CN2CCNCC2C(=O)O)cc1. The van der Waals surface area contributed by atoms with Crippen LogP contribution in [-0.2, 0) is 16.8 Å². The lowest BCUT2D eigenvalue weighted by atomic mass is 9.86. The molecule has 1 saturated heterocycles. The maximum Gasteiger partial charge on any atom is 0.322 e. The molecule has 1 fully saturated rings. The van der Waals surface area contributed by atoms with Gasteiger partial charge < -0.3 is 10.4 Å². The Morgan fingerprint density at radius 1 is 1.35 bits per heavy atom. The molecule has 0 aliphatic carbocycles. The van der Waals surface area contributed by atoms with Crippen LogP contribution in [0.15, 0.2) is 24.3 Å². The van der Waals surface area contributed by atoms with Gasteiger partial charge in [0, 0.05) is 26.2 Å². The molecule has 4 heteroatoms. The molecule has 2 rings (SSSR count). The molecule has 1 aromatic rings. The van der Waals surface area contributed by atoms with E-state index in [1.54, 1.807) is 0 Å². The van der Waals surface area contributed by atoms with E-state index in [9.17, 15) is 9.90 Å². The standard InChI is InChI=1S/C16H24N2O2/c1-16(2,3)13-6-4-12(5-7-13)11-18-9-8-17-10-14(18)15(19)20/h4-7,14,17H,8-11H2,1-3H3,(H,19,20). The van der Waals surface area contributed by atoms with E-state index in [1.807, 2.05) is 4.90 Å². The highest BCUT2D eigenvalue weighted by Gasteiger charge is 2.28. The second kappa shape index (κ2) is 5.94. The molecular formula is C16H24N2O2. The molecular weight excluding hydrogens is 252 g/mol. The van der Waals surface area contributed by atoms with E-state index in [-0.39, 0.29) is 5.41 Å². The van der Waals surface area contributed by atoms with Crippen molar-refractivity contribution < 1.29 is 9.90 Å². The Morgan fingerprint density at radius 2 is 2.00 bits per heavy atom. The zero-order valence-corrected chi connectivity index (χ0v) is 12.5. The summed E-state index contributed by atoms with van der Waals surface area (Å²) in [4.78, 5) is 13.3. The van der Waals surface area contributed by atoms with Gasteiger partial charge in [0.1, 0.15) is 6.04 Å². The van der Waals surface area contributed by atoms with Crippen molar-refractivity contribution in [3.05, 3.63) is 35.4 Å². The van der Waals surface area contributed by atoms with Crippen LogP contribution in [0.25, 0.3) is 0 Å². The number of nitrogens with zero attached hydrogens (tertiary/aromatic N) is 1. The van der Waals surface area contributed by atoms with Crippen molar-refractivity contribution in [2.45, 2.75) is 38.8 Å². The predicted molar refractivity (Wildman–Crippen MR) is 79.8 cm³/mol. The van der Waals surface area contributed by atoms with Crippen LogP contribution in [0.2, 0.25) is 0 Å². The van der Waals surface area contributed by atoms with Crippen molar-refractivity contribution in [2.24, 2.45) is 0 Å². The van der Waals surface area contributed by atoms with Gasteiger partial charge in [0.15, 0.2) is 0 Å². The third-order valence-corrected chi connectivity index (χ3v) is 3.84. The molecule has 1 aliphatic heterocycles. The third-order valence-electron chi connectivity index (χ3n) is 3.84. The van der Waals surface area contributed by atoms with Crippen LogP contribution in [0.3, 0.4) is 0 Å². The van der Waals surface area contributed by atoms with Gasteiger partial charge in [-0.15, -0.1) is 0 Å². The second-order valence-corrected chi connectivity index (χ2v) is 6.48. The van der Waals surface area contributed by atoms with Crippen LogP contribution in [0.5, 0.6) is 0 Å². The molecule has 1 aromatic carbocycles. The second-order valence-electron chi connectivity index (χ2n) is 6.48. The molecule has 0 saturated carbocycles. The first-order valence-electron chi connectivity index (χ1n) is 7.15. The molecule has 0 spiro atoms. The van der Waals surface area contributed by atoms with Gasteiger partial charge in [-0.3, -0.25) is 9.69 Å². The van der Waals surface area contributed by atoms with Crippen LogP contribution in [0.1, 0.15) is 31.9 Å². The van der Waals surface area contributed by atoms with Gasteiger partial charge in [0.25, 0.3) is 0 Å². The summed E-state index contributed by atoms with van der Waals surface area (Å²) in [6, 6.07) is 8.09. The Bertz CT molecular complexity index is 462. The fraction of sp³-hybridized carbons (Fsp3) is 0.562. The largest absolute Gasteiger partial charge is 0.480 e. The quantitative estimate of drug-likeness (QED) is 0.884. The molecule has 0 amide bonds. The molecule has 20 heavy (non-hydrogen) atoms. The minimum atomic E-state index is -0.747. The normalized spacial score (nSPS) is 20.9. The average molecular weight is 276 g/mol. The van der Waals surface area contributed by atoms with Crippen molar-refractivity contribution >= 4 is 5.97 Å². The lowest BCUT2D eigenvalue weighted by Gasteiger charge is -2.33. The van der Waals surface area contributed by atoms with E-state index in [2.05, 4.69) is 50.4 Å². The summed E-state index contributed by atoms with van der Waals surface area (Å²) in [5.74, 6) is -0.747. The number of hydrogen-bond acceptors (Lipinski definition) is 3. The lowest BCUT2D eigenvalue weighted by Crippen LogP contribution is -2.54. The van der Waals surface area contributed by atoms with Gasteiger partial charge in [-0.05, 0) is 16.5 Å². The number of carbonyl (C=O) groups is 1. The molecule has 110 valence electrons. The van der Waals surface area contributed by atoms with Gasteiger partial charge in [0.05, 0.1) is 0 Å². The highest BCUT2D eigenvalue weighted by molar-refractivity contribution is 5.74. The van der Waals surface area contributed by atoms with E-state index >= 15 is 0 Å². The number of piperazine rings is 1. The summed E-state index contributed by atoms with van der Waals surface area (Å²) >= 11 is 0. The van der Waals surface area contributed by atoms with Gasteiger partial charge in [-0.2, -0.15) is 0 Å². The van der Waals surface area contributed by atoms with E-state index in [0.29, 0.717) is 13.1 Å². The van der Waals surface area contributed by atoms with Crippen molar-refractivity contribution in [1.29, 1.82) is 0 Å². The number of rotatable bonds is 3. The minimum absolute atomic E-state index is 0.150. The Hall–Kier alpha value is -1.39. The Labute approximate surface area is 120 Å². The van der Waals surface area contributed by atoms with Crippen molar-refractivity contribution in [1.82, 2.24) is 10.2 Å². The number of carboxylic acids is 1. The predicted octanol–water partition coefficient (Wildman–Crippen LogP) is 1.84. The smallest absolute Gasteiger partial charge is 0.322 e. The fourth-order valence-electron chi connectivity index (χ4n) is 2.52. The molecule has 1 unspecified atom stereocenters. The van der Waals surface area contributed by atoms with Crippen LogP contribution < -0.4 is 5.32 Å². The Morgan fingerprint density at radius 3 is 2.55 bits per heavy atom. The van der Waals surface area contributed by atoms with Crippen molar-refractivity contribution in [3.8, 4) is 0 Å². The van der Waals surface area contributed by atoms with Crippen molar-refractivity contribution in [3.63, 3.8) is 0 Å². The highest BCUT2D eigenvalue weighted by atomic mass is 16.4. The minimum Gasteiger partial charge on any atom is -0.480 e. The van der Waals surface area contributed by atoms with E-state index < -0.39 is 12.0 Å². The molecule has 2 N–H and O–H groups in total. The number of nitrogens with one attached hydrogen (secondary N) is 1. The topological polar surface area (TPSA) is 52.6 Å². The summed E-state index contributed by atoms with van der Waals surface area (Å²) in [6.07, 6.45) is 0. The number of benzene rings is 1. The van der Waals surface area contributed by atoms with Gasteiger partial charge >= 0.3 is 5.97 Å². The summed E-state index contributed by atoms with van der Waals surface area (Å²) < 4.78 is 0. The Balaban J connectivity index is 2.07. The van der Waals surface area contributed by atoms with Crippen LogP contribution in [0, 0.1) is 0 Å². The van der Waals surface area contributed by atoms with Gasteiger partial charge in [-0.1, -0.05) is 45.0 Å². The highest BCUT2D eigenvalue weighted by Crippen LogP contribution is 2.22. The molecule has 1 heterocycles. The van der Waals surface area contributed by atoms with Gasteiger partial charge in [-0.25, -0.2) is 0 Å². The first kappa shape index (κ1) is 15.0. The maximum absolute atomic E-state index is 11.3. The number of hydrogen-bond donors (Lipinski definition) is 2. The van der Waals surface area contributed by atoms with Crippen LogP contribution in [0.4, 0.5) is 0 Å². The summed E-state index contributed by atoms with van der Waals surface area (Å²) in [6.45, 7) is 9.43. The van der Waals surface area contributed by atoms with Gasteiger partial charge in [0.2, 0.25) is 0 Å². The first-order chi connectivity index (χ1) is 9.38. The van der Waals surface area contributed by atoms with Crippen molar-refractivity contribution in [2.75, 3.05) is 19.6 Å². The summed E-state index contributed by atoms with van der Waals surface area (Å²) in [5.41, 5.74) is 2.62. The van der Waals surface area contributed by atoms with E-state index in [4.69, 9.17) is 0 Å². The molecule has 4 nitrogen and oxygen atoms in total. The fourth-order valence-corrected chi connectivity index (χ4v) is 2.52. The molecule has 1 atom stereocenters. The maximum atomic E-state index is 11.3. The first-order valence-corrected chi connectivity index (χ1v) is 7.15. The lowest BCUT2D eigenvalue weighted by molar-refractivity contribution is -0.144. The zero-order chi connectivity index (χ0) is 14.8. The zero-order valence-electron chi connectivity index (χ0n) is 12.5. The molecule has 0 bridgehead atoms. The van der Waals surface area contributed by atoms with Crippen LogP contribution >= 0.6 is 0 Å². The molecule has 0 aromatic heterocycles. The monoisotopic (exact) mass is 276 g/mol. The molecule has 0 radical (unpaired) electrons. The number of aliphatic carboxylic acids is 1. The third kappa shape index (κ3) is 3.58. The van der Waals surface area contributed by atoms with Crippen LogP contribution in [-0.4, -0.2) is 41.7 Å². The van der Waals surface area contributed by atoms with E-state index in [0.717, 1.165) is 13.1 Å².